The Morgan fingerprint density at radius 3 is 2.16 bits per heavy atom. The molecule has 7 heteroatoms. The van der Waals surface area contributed by atoms with Crippen LogP contribution in [-0.2, 0) is 11.3 Å². The molecule has 0 aliphatic heterocycles. The van der Waals surface area contributed by atoms with Crippen LogP contribution in [0.25, 0.3) is 22.3 Å². The number of methoxy groups -OCH3 is 1. The Hall–Kier alpha value is -5.43. The normalized spacial score (nSPS) is 11.0. The smallest absolute Gasteiger partial charge is 0.340 e. The molecule has 4 aromatic carbocycles. The molecular weight excluding hydrogens is 552 g/mol. The van der Waals surface area contributed by atoms with Crippen LogP contribution in [0.15, 0.2) is 116 Å². The first-order chi connectivity index (χ1) is 21.2. The SMILES string of the molecule is COc1ccccc1-c1ccc(C(=O)OC(C)(C)C)c(NC(=O)c2cc(-c3ccncc3)ccc2OCc2ccccc2)c1. The first-order valence-corrected chi connectivity index (χ1v) is 14.2. The van der Waals surface area contributed by atoms with Crippen LogP contribution in [0, 0.1) is 0 Å². The maximum absolute atomic E-state index is 14.1. The van der Waals surface area contributed by atoms with Gasteiger partial charge in [0.25, 0.3) is 5.91 Å². The van der Waals surface area contributed by atoms with Gasteiger partial charge in [0.1, 0.15) is 23.7 Å². The van der Waals surface area contributed by atoms with Gasteiger partial charge in [0.2, 0.25) is 0 Å². The molecule has 0 unspecified atom stereocenters. The topological polar surface area (TPSA) is 86.8 Å². The number of carbonyl (C=O) groups excluding carboxylic acids is 2. The Kier molecular flexibility index (Phi) is 9.05. The molecule has 1 aromatic heterocycles. The molecule has 0 saturated carbocycles. The summed E-state index contributed by atoms with van der Waals surface area (Å²) in [6.45, 7) is 5.68. The van der Waals surface area contributed by atoms with Gasteiger partial charge in [-0.2, -0.15) is 0 Å². The number of carbonyl (C=O) groups is 2. The Balaban J connectivity index is 1.56. The predicted molar refractivity (Wildman–Crippen MR) is 172 cm³/mol. The summed E-state index contributed by atoms with van der Waals surface area (Å²) in [6, 6.07) is 31.7. The minimum Gasteiger partial charge on any atom is -0.496 e. The summed E-state index contributed by atoms with van der Waals surface area (Å²) >= 11 is 0. The summed E-state index contributed by atoms with van der Waals surface area (Å²) < 4.78 is 17.4. The van der Waals surface area contributed by atoms with Crippen molar-refractivity contribution >= 4 is 17.6 Å². The van der Waals surface area contributed by atoms with Crippen molar-refractivity contribution in [1.82, 2.24) is 4.98 Å². The lowest BCUT2D eigenvalue weighted by atomic mass is 10.00. The highest BCUT2D eigenvalue weighted by molar-refractivity contribution is 6.10. The fraction of sp³-hybridized carbons (Fsp3) is 0.162. The third kappa shape index (κ3) is 7.31. The van der Waals surface area contributed by atoms with Gasteiger partial charge in [0.05, 0.1) is 23.9 Å². The van der Waals surface area contributed by atoms with Crippen LogP contribution in [0.1, 0.15) is 47.1 Å². The largest absolute Gasteiger partial charge is 0.496 e. The molecule has 0 aliphatic rings. The molecule has 0 saturated heterocycles. The van der Waals surface area contributed by atoms with Crippen molar-refractivity contribution in [3.63, 3.8) is 0 Å². The van der Waals surface area contributed by atoms with Crippen molar-refractivity contribution in [3.8, 4) is 33.8 Å². The van der Waals surface area contributed by atoms with Crippen molar-refractivity contribution in [2.24, 2.45) is 0 Å². The van der Waals surface area contributed by atoms with E-state index in [0.29, 0.717) is 22.7 Å². The van der Waals surface area contributed by atoms with E-state index >= 15 is 0 Å². The second-order valence-electron chi connectivity index (χ2n) is 11.1. The fourth-order valence-corrected chi connectivity index (χ4v) is 4.69. The van der Waals surface area contributed by atoms with Crippen LogP contribution in [0.4, 0.5) is 5.69 Å². The van der Waals surface area contributed by atoms with Crippen molar-refractivity contribution in [1.29, 1.82) is 0 Å². The van der Waals surface area contributed by atoms with Gasteiger partial charge in [-0.3, -0.25) is 9.78 Å². The monoisotopic (exact) mass is 586 g/mol. The summed E-state index contributed by atoms with van der Waals surface area (Å²) in [4.78, 5) is 31.5. The van der Waals surface area contributed by atoms with Crippen molar-refractivity contribution in [2.75, 3.05) is 12.4 Å². The highest BCUT2D eigenvalue weighted by Gasteiger charge is 2.24. The van der Waals surface area contributed by atoms with Gasteiger partial charge < -0.3 is 19.5 Å². The second-order valence-corrected chi connectivity index (χ2v) is 11.1. The maximum Gasteiger partial charge on any atom is 0.340 e. The van der Waals surface area contributed by atoms with E-state index in [1.807, 2.05) is 78.9 Å². The Bertz CT molecular complexity index is 1760. The van der Waals surface area contributed by atoms with Crippen LogP contribution in [-0.4, -0.2) is 29.6 Å². The molecule has 5 rings (SSSR count). The van der Waals surface area contributed by atoms with E-state index in [4.69, 9.17) is 14.2 Å². The van der Waals surface area contributed by atoms with Crippen LogP contribution >= 0.6 is 0 Å². The zero-order valence-corrected chi connectivity index (χ0v) is 25.2. The van der Waals surface area contributed by atoms with Gasteiger partial charge in [-0.1, -0.05) is 60.7 Å². The molecule has 7 nitrogen and oxygen atoms in total. The predicted octanol–water partition coefficient (Wildman–Crippen LogP) is 8.21. The van der Waals surface area contributed by atoms with Gasteiger partial charge in [-0.05, 0) is 85.5 Å². The molecule has 0 spiro atoms. The minimum atomic E-state index is -0.725. The molecular formula is C37H34N2O5. The highest BCUT2D eigenvalue weighted by Crippen LogP contribution is 2.34. The standard InChI is InChI=1S/C37H34N2O5/c1-37(2,3)44-36(41)30-16-14-28(29-12-8-9-13-33(29)42-4)23-32(30)39-35(40)31-22-27(26-18-20-38-21-19-26)15-17-34(31)43-24-25-10-6-5-7-11-25/h5-23H,24H2,1-4H3,(H,39,40). The van der Waals surface area contributed by atoms with Gasteiger partial charge in [-0.15, -0.1) is 0 Å². The number of benzene rings is 4. The summed E-state index contributed by atoms with van der Waals surface area (Å²) in [5, 5.41) is 2.99. The lowest BCUT2D eigenvalue weighted by Gasteiger charge is -2.21. The fourth-order valence-electron chi connectivity index (χ4n) is 4.69. The molecule has 44 heavy (non-hydrogen) atoms. The second kappa shape index (κ2) is 13.3. The Morgan fingerprint density at radius 1 is 0.727 bits per heavy atom. The number of nitrogens with zero attached hydrogens (tertiary/aromatic N) is 1. The summed E-state index contributed by atoms with van der Waals surface area (Å²) in [6.07, 6.45) is 3.40. The minimum absolute atomic E-state index is 0.226. The van der Waals surface area contributed by atoms with Gasteiger partial charge in [0, 0.05) is 18.0 Å². The highest BCUT2D eigenvalue weighted by atomic mass is 16.6. The van der Waals surface area contributed by atoms with Crippen LogP contribution in [0.5, 0.6) is 11.5 Å². The number of hydrogen-bond donors (Lipinski definition) is 1. The molecule has 1 heterocycles. The summed E-state index contributed by atoms with van der Waals surface area (Å²) in [5.41, 5.74) is 4.37. The zero-order valence-electron chi connectivity index (χ0n) is 25.2. The van der Waals surface area contributed by atoms with Gasteiger partial charge in [-0.25, -0.2) is 4.79 Å². The first kappa shape index (κ1) is 30.0. The molecule has 1 N–H and O–H groups in total. The van der Waals surface area contributed by atoms with E-state index in [-0.39, 0.29) is 12.2 Å². The quantitative estimate of drug-likeness (QED) is 0.175. The number of pyridine rings is 1. The molecule has 0 bridgehead atoms. The summed E-state index contributed by atoms with van der Waals surface area (Å²) in [5.74, 6) is 0.0803. The van der Waals surface area contributed by atoms with E-state index in [2.05, 4.69) is 10.3 Å². The van der Waals surface area contributed by atoms with Gasteiger partial charge >= 0.3 is 5.97 Å². The van der Waals surface area contributed by atoms with Crippen LogP contribution < -0.4 is 14.8 Å². The third-order valence-electron chi connectivity index (χ3n) is 6.78. The first-order valence-electron chi connectivity index (χ1n) is 14.2. The van der Waals surface area contributed by atoms with Crippen LogP contribution in [0.3, 0.4) is 0 Å². The van der Waals surface area contributed by atoms with Crippen molar-refractivity contribution in [3.05, 3.63) is 132 Å². The van der Waals surface area contributed by atoms with Gasteiger partial charge in [0.15, 0.2) is 0 Å². The Labute approximate surface area is 257 Å². The number of anilines is 1. The molecule has 0 aliphatic carbocycles. The van der Waals surface area contributed by atoms with E-state index in [1.54, 1.807) is 64.5 Å². The number of nitrogens with one attached hydrogen (secondary N) is 1. The number of para-hydroxylation sites is 1. The summed E-state index contributed by atoms with van der Waals surface area (Å²) in [7, 11) is 1.60. The van der Waals surface area contributed by atoms with Crippen molar-refractivity contribution in [2.45, 2.75) is 33.0 Å². The molecule has 222 valence electrons. The van der Waals surface area contributed by atoms with E-state index in [0.717, 1.165) is 27.8 Å². The number of ether oxygens (including phenoxy) is 3. The van der Waals surface area contributed by atoms with E-state index in [1.165, 1.54) is 0 Å². The average Bonchev–Trinajstić information content (AvgIpc) is 3.03. The molecule has 0 radical (unpaired) electrons. The lowest BCUT2D eigenvalue weighted by Crippen LogP contribution is -2.25. The van der Waals surface area contributed by atoms with E-state index in [9.17, 15) is 9.59 Å². The molecule has 5 aromatic rings. The maximum atomic E-state index is 14.1. The van der Waals surface area contributed by atoms with Crippen molar-refractivity contribution < 1.29 is 23.8 Å². The average molecular weight is 587 g/mol. The number of rotatable bonds is 9. The Morgan fingerprint density at radius 2 is 1.43 bits per heavy atom. The van der Waals surface area contributed by atoms with E-state index < -0.39 is 17.5 Å². The number of hydrogen-bond acceptors (Lipinski definition) is 6. The zero-order chi connectivity index (χ0) is 31.1. The number of esters is 1. The number of aromatic nitrogens is 1. The third-order valence-corrected chi connectivity index (χ3v) is 6.78. The lowest BCUT2D eigenvalue weighted by molar-refractivity contribution is 0.00707. The molecule has 0 fully saturated rings. The number of amides is 1. The van der Waals surface area contributed by atoms with Crippen LogP contribution in [0.2, 0.25) is 0 Å². The molecule has 0 atom stereocenters. The molecule has 1 amide bonds.